The summed E-state index contributed by atoms with van der Waals surface area (Å²) in [5, 5.41) is 6.24. The van der Waals surface area contributed by atoms with E-state index >= 15 is 0 Å². The Morgan fingerprint density at radius 1 is 1.29 bits per heavy atom. The first-order valence-electron chi connectivity index (χ1n) is 7.09. The number of carbonyl (C=O) groups is 1. The van der Waals surface area contributed by atoms with Gasteiger partial charge in [-0.3, -0.25) is 4.79 Å². The zero-order valence-corrected chi connectivity index (χ0v) is 12.7. The van der Waals surface area contributed by atoms with Crippen molar-refractivity contribution < 1.29 is 4.79 Å². The summed E-state index contributed by atoms with van der Waals surface area (Å²) in [5.74, 6) is 0.0675. The van der Waals surface area contributed by atoms with Crippen LogP contribution in [0.5, 0.6) is 0 Å². The van der Waals surface area contributed by atoms with E-state index in [1.807, 2.05) is 42.8 Å². The van der Waals surface area contributed by atoms with E-state index in [4.69, 9.17) is 0 Å². The highest BCUT2D eigenvalue weighted by Gasteiger charge is 2.15. The zero-order chi connectivity index (χ0) is 14.7. The summed E-state index contributed by atoms with van der Waals surface area (Å²) in [5.41, 5.74) is 2.32. The summed E-state index contributed by atoms with van der Waals surface area (Å²) in [7, 11) is 0. The van der Waals surface area contributed by atoms with Gasteiger partial charge in [0.1, 0.15) is 0 Å². The van der Waals surface area contributed by atoms with Gasteiger partial charge in [-0.15, -0.1) is 11.3 Å². The van der Waals surface area contributed by atoms with Crippen molar-refractivity contribution in [3.8, 4) is 0 Å². The third-order valence-corrected chi connectivity index (χ3v) is 4.54. The number of para-hydroxylation sites is 1. The van der Waals surface area contributed by atoms with Crippen molar-refractivity contribution in [3.63, 3.8) is 0 Å². The molecule has 108 valence electrons. The van der Waals surface area contributed by atoms with Gasteiger partial charge >= 0.3 is 0 Å². The molecule has 1 unspecified atom stereocenters. The van der Waals surface area contributed by atoms with Crippen LogP contribution in [0, 0.1) is 5.92 Å². The number of aromatic amines is 1. The third-order valence-electron chi connectivity index (χ3n) is 3.67. The zero-order valence-electron chi connectivity index (χ0n) is 11.9. The molecule has 4 heteroatoms. The summed E-state index contributed by atoms with van der Waals surface area (Å²) >= 11 is 1.66. The number of amides is 1. The third kappa shape index (κ3) is 3.16. The van der Waals surface area contributed by atoms with Gasteiger partial charge in [0.25, 0.3) is 0 Å². The van der Waals surface area contributed by atoms with Crippen LogP contribution in [-0.2, 0) is 17.8 Å². The Hall–Kier alpha value is -2.07. The quantitative estimate of drug-likeness (QED) is 0.741. The molecule has 3 rings (SSSR count). The van der Waals surface area contributed by atoms with E-state index in [1.54, 1.807) is 11.3 Å². The van der Waals surface area contributed by atoms with Crippen molar-refractivity contribution in [2.45, 2.75) is 19.9 Å². The predicted molar refractivity (Wildman–Crippen MR) is 87.3 cm³/mol. The highest BCUT2D eigenvalue weighted by molar-refractivity contribution is 7.09. The van der Waals surface area contributed by atoms with Crippen LogP contribution in [-0.4, -0.2) is 10.9 Å². The van der Waals surface area contributed by atoms with Gasteiger partial charge in [-0.25, -0.2) is 0 Å². The van der Waals surface area contributed by atoms with Gasteiger partial charge in [0, 0.05) is 27.9 Å². The Bertz CT molecular complexity index is 730. The Kier molecular flexibility index (Phi) is 4.06. The minimum Gasteiger partial charge on any atom is -0.361 e. The van der Waals surface area contributed by atoms with Crippen LogP contribution < -0.4 is 5.32 Å². The maximum Gasteiger partial charge on any atom is 0.223 e. The van der Waals surface area contributed by atoms with Crippen LogP contribution >= 0.6 is 11.3 Å². The van der Waals surface area contributed by atoms with Crippen molar-refractivity contribution in [2.75, 3.05) is 0 Å². The molecule has 2 heterocycles. The van der Waals surface area contributed by atoms with Gasteiger partial charge < -0.3 is 10.3 Å². The summed E-state index contributed by atoms with van der Waals surface area (Å²) in [6.45, 7) is 2.60. The monoisotopic (exact) mass is 298 g/mol. The molecule has 2 N–H and O–H groups in total. The molecule has 1 aromatic carbocycles. The number of rotatable bonds is 5. The van der Waals surface area contributed by atoms with Crippen LogP contribution in [0.1, 0.15) is 17.4 Å². The first kappa shape index (κ1) is 13.9. The second kappa shape index (κ2) is 6.14. The van der Waals surface area contributed by atoms with E-state index < -0.39 is 0 Å². The molecule has 0 saturated carbocycles. The van der Waals surface area contributed by atoms with Crippen molar-refractivity contribution in [1.82, 2.24) is 10.3 Å². The van der Waals surface area contributed by atoms with Gasteiger partial charge in [0.2, 0.25) is 5.91 Å². The van der Waals surface area contributed by atoms with E-state index in [0.29, 0.717) is 6.54 Å². The molecule has 0 aliphatic rings. The fraction of sp³-hybridized carbons (Fsp3) is 0.235. The van der Waals surface area contributed by atoms with Gasteiger partial charge in [-0.05, 0) is 29.5 Å². The number of hydrogen-bond donors (Lipinski definition) is 2. The smallest absolute Gasteiger partial charge is 0.223 e. The first-order valence-corrected chi connectivity index (χ1v) is 7.97. The van der Waals surface area contributed by atoms with Crippen molar-refractivity contribution >= 4 is 28.1 Å². The topological polar surface area (TPSA) is 44.9 Å². The highest BCUT2D eigenvalue weighted by atomic mass is 32.1. The maximum absolute atomic E-state index is 12.2. The molecule has 3 aromatic rings. The van der Waals surface area contributed by atoms with E-state index in [2.05, 4.69) is 22.4 Å². The minimum atomic E-state index is -0.0378. The van der Waals surface area contributed by atoms with Crippen molar-refractivity contribution in [1.29, 1.82) is 0 Å². The lowest BCUT2D eigenvalue weighted by atomic mass is 10.00. The average Bonchev–Trinajstić information content (AvgIpc) is 3.15. The Labute approximate surface area is 128 Å². The molecule has 0 aliphatic heterocycles. The fourth-order valence-electron chi connectivity index (χ4n) is 2.48. The molecule has 1 amide bonds. The second-order valence-electron chi connectivity index (χ2n) is 5.26. The average molecular weight is 298 g/mol. The number of aromatic nitrogens is 1. The predicted octanol–water partition coefficient (Wildman–Crippen LogP) is 3.72. The molecule has 0 bridgehead atoms. The van der Waals surface area contributed by atoms with Gasteiger partial charge in [0.15, 0.2) is 0 Å². The fourth-order valence-corrected chi connectivity index (χ4v) is 3.13. The lowest BCUT2D eigenvalue weighted by Gasteiger charge is -2.11. The Balaban J connectivity index is 1.62. The normalized spacial score (nSPS) is 12.4. The highest BCUT2D eigenvalue weighted by Crippen LogP contribution is 2.20. The van der Waals surface area contributed by atoms with Crippen LogP contribution in [0.4, 0.5) is 0 Å². The molecule has 1 atom stereocenters. The number of nitrogens with one attached hydrogen (secondary N) is 2. The number of carbonyl (C=O) groups excluding carboxylic acids is 1. The number of fused-ring (bicyclic) bond motifs is 1. The first-order chi connectivity index (χ1) is 10.2. The van der Waals surface area contributed by atoms with E-state index in [0.717, 1.165) is 11.9 Å². The number of benzene rings is 1. The molecule has 3 nitrogen and oxygen atoms in total. The molecule has 0 radical (unpaired) electrons. The number of hydrogen-bond acceptors (Lipinski definition) is 2. The molecule has 2 aromatic heterocycles. The Morgan fingerprint density at radius 2 is 2.14 bits per heavy atom. The van der Waals surface area contributed by atoms with Crippen molar-refractivity contribution in [2.24, 2.45) is 5.92 Å². The van der Waals surface area contributed by atoms with Gasteiger partial charge in [-0.2, -0.15) is 0 Å². The summed E-state index contributed by atoms with van der Waals surface area (Å²) < 4.78 is 0. The summed E-state index contributed by atoms with van der Waals surface area (Å²) in [4.78, 5) is 16.6. The van der Waals surface area contributed by atoms with E-state index in [-0.39, 0.29) is 11.8 Å². The molecule has 0 spiro atoms. The largest absolute Gasteiger partial charge is 0.361 e. The van der Waals surface area contributed by atoms with Gasteiger partial charge in [-0.1, -0.05) is 31.2 Å². The molecule has 0 saturated heterocycles. The standard InChI is InChI=1S/C17H18N2OS/c1-12(17(20)19-11-14-5-4-8-21-14)9-13-10-18-16-7-3-2-6-15(13)16/h2-8,10,12,18H,9,11H2,1H3,(H,19,20). The molecular formula is C17H18N2OS. The van der Waals surface area contributed by atoms with Crippen LogP contribution in [0.25, 0.3) is 10.9 Å². The summed E-state index contributed by atoms with van der Waals surface area (Å²) in [6, 6.07) is 12.2. The van der Waals surface area contributed by atoms with Crippen LogP contribution in [0.15, 0.2) is 48.0 Å². The maximum atomic E-state index is 12.2. The molecule has 0 aliphatic carbocycles. The number of H-pyrrole nitrogens is 1. The SMILES string of the molecule is CC(Cc1c[nH]c2ccccc12)C(=O)NCc1cccs1. The molecular weight excluding hydrogens is 280 g/mol. The van der Waals surface area contributed by atoms with Gasteiger partial charge in [0.05, 0.1) is 6.54 Å². The summed E-state index contributed by atoms with van der Waals surface area (Å²) in [6.07, 6.45) is 2.76. The van der Waals surface area contributed by atoms with E-state index in [9.17, 15) is 4.79 Å². The number of thiophene rings is 1. The lowest BCUT2D eigenvalue weighted by molar-refractivity contribution is -0.124. The Morgan fingerprint density at radius 3 is 2.95 bits per heavy atom. The second-order valence-corrected chi connectivity index (χ2v) is 6.29. The lowest BCUT2D eigenvalue weighted by Crippen LogP contribution is -2.29. The van der Waals surface area contributed by atoms with E-state index in [1.165, 1.54) is 15.8 Å². The van der Waals surface area contributed by atoms with Crippen LogP contribution in [0.3, 0.4) is 0 Å². The minimum absolute atomic E-state index is 0.0378. The molecule has 21 heavy (non-hydrogen) atoms. The molecule has 0 fully saturated rings. The van der Waals surface area contributed by atoms with Crippen molar-refractivity contribution in [3.05, 3.63) is 58.4 Å². The van der Waals surface area contributed by atoms with Crippen LogP contribution in [0.2, 0.25) is 0 Å².